The number of aliphatic hydroxyl groups is 1. The number of hydrogen-bond donors (Lipinski definition) is 2. The van der Waals surface area contributed by atoms with Gasteiger partial charge in [0.25, 0.3) is 0 Å². The third-order valence-electron chi connectivity index (χ3n) is 3.33. The highest BCUT2D eigenvalue weighted by molar-refractivity contribution is 7.99. The number of rotatable bonds is 5. The molecule has 1 aliphatic rings. The summed E-state index contributed by atoms with van der Waals surface area (Å²) in [6, 6.07) is 6.47. The van der Waals surface area contributed by atoms with E-state index in [9.17, 15) is 14.7 Å². The first-order valence-electron chi connectivity index (χ1n) is 6.50. The maximum Gasteiger partial charge on any atom is 0.326 e. The number of benzene rings is 1. The zero-order chi connectivity index (χ0) is 15.4. The molecule has 2 N–H and O–H groups in total. The van der Waals surface area contributed by atoms with Crippen molar-refractivity contribution in [1.82, 2.24) is 4.90 Å². The number of thioether (sulfide) groups is 1. The molecule has 0 bridgehead atoms. The second-order valence-corrected chi connectivity index (χ2v) is 6.27. The van der Waals surface area contributed by atoms with Gasteiger partial charge in [0.15, 0.2) is 0 Å². The number of nitrogens with zero attached hydrogens (tertiary/aromatic N) is 1. The quantitative estimate of drug-likeness (QED) is 0.858. The Bertz CT molecular complexity index is 539. The molecule has 1 heterocycles. The smallest absolute Gasteiger partial charge is 0.326 e. The number of carboxylic acid groups (broad SMARTS) is 1. The molecule has 1 amide bonds. The molecule has 0 unspecified atom stereocenters. The second kappa shape index (κ2) is 7.15. The molecule has 1 fully saturated rings. The molecule has 5 nitrogen and oxygen atoms in total. The fourth-order valence-electron chi connectivity index (χ4n) is 2.27. The molecular formula is C14H16ClNO4S. The predicted octanol–water partition coefficient (Wildman–Crippen LogP) is 1.62. The lowest BCUT2D eigenvalue weighted by Gasteiger charge is -2.20. The van der Waals surface area contributed by atoms with Crippen LogP contribution in [0.1, 0.15) is 12.0 Å². The maximum atomic E-state index is 12.1. The van der Waals surface area contributed by atoms with Crippen molar-refractivity contribution >= 4 is 35.2 Å². The van der Waals surface area contributed by atoms with Gasteiger partial charge in [-0.05, 0) is 11.6 Å². The van der Waals surface area contributed by atoms with Crippen molar-refractivity contribution in [1.29, 1.82) is 0 Å². The van der Waals surface area contributed by atoms with E-state index in [2.05, 4.69) is 0 Å². The molecule has 1 aromatic rings. The van der Waals surface area contributed by atoms with Crippen LogP contribution in [0.5, 0.6) is 0 Å². The van der Waals surface area contributed by atoms with Crippen LogP contribution >= 0.6 is 23.4 Å². The van der Waals surface area contributed by atoms with Crippen molar-refractivity contribution < 1.29 is 19.8 Å². The molecule has 21 heavy (non-hydrogen) atoms. The van der Waals surface area contributed by atoms with Gasteiger partial charge in [-0.3, -0.25) is 4.79 Å². The lowest BCUT2D eigenvalue weighted by molar-refractivity contribution is -0.147. The Labute approximate surface area is 131 Å². The number of aliphatic hydroxyl groups excluding tert-OH is 1. The molecule has 2 atom stereocenters. The van der Waals surface area contributed by atoms with Crippen LogP contribution in [0.15, 0.2) is 24.3 Å². The average molecular weight is 330 g/mol. The van der Waals surface area contributed by atoms with E-state index in [1.807, 2.05) is 18.2 Å². The van der Waals surface area contributed by atoms with Gasteiger partial charge in [0, 0.05) is 23.7 Å². The summed E-state index contributed by atoms with van der Waals surface area (Å²) in [7, 11) is 0. The van der Waals surface area contributed by atoms with E-state index in [0.717, 1.165) is 5.56 Å². The number of carbonyl (C=O) groups excluding carboxylic acids is 1. The summed E-state index contributed by atoms with van der Waals surface area (Å²) in [6.45, 7) is 0.0858. The number of amides is 1. The highest BCUT2D eigenvalue weighted by Crippen LogP contribution is 2.23. The van der Waals surface area contributed by atoms with Crippen molar-refractivity contribution in [2.75, 3.05) is 12.3 Å². The zero-order valence-corrected chi connectivity index (χ0v) is 12.8. The molecule has 1 saturated heterocycles. The summed E-state index contributed by atoms with van der Waals surface area (Å²) in [4.78, 5) is 24.4. The van der Waals surface area contributed by atoms with Crippen LogP contribution in [0.4, 0.5) is 0 Å². The van der Waals surface area contributed by atoms with Crippen molar-refractivity contribution in [2.24, 2.45) is 0 Å². The number of hydrogen-bond acceptors (Lipinski definition) is 4. The van der Waals surface area contributed by atoms with Crippen molar-refractivity contribution in [3.63, 3.8) is 0 Å². The minimum Gasteiger partial charge on any atom is -0.480 e. The van der Waals surface area contributed by atoms with Gasteiger partial charge in [0.1, 0.15) is 6.04 Å². The van der Waals surface area contributed by atoms with Crippen molar-refractivity contribution in [3.8, 4) is 0 Å². The SMILES string of the molecule is O=C(O)[C@@H]1C[C@@H](O)CN1C(=O)CSCc1ccccc1Cl. The minimum atomic E-state index is -1.07. The van der Waals surface area contributed by atoms with Gasteiger partial charge < -0.3 is 15.1 Å². The van der Waals surface area contributed by atoms with Crippen LogP contribution in [-0.2, 0) is 15.3 Å². The fourth-order valence-corrected chi connectivity index (χ4v) is 3.47. The topological polar surface area (TPSA) is 77.8 Å². The van der Waals surface area contributed by atoms with Crippen molar-refractivity contribution in [2.45, 2.75) is 24.3 Å². The van der Waals surface area contributed by atoms with Gasteiger partial charge in [-0.2, -0.15) is 0 Å². The van der Waals surface area contributed by atoms with Gasteiger partial charge in [-0.15, -0.1) is 11.8 Å². The van der Waals surface area contributed by atoms with Crippen LogP contribution in [0, 0.1) is 0 Å². The average Bonchev–Trinajstić information content (AvgIpc) is 2.83. The first-order valence-corrected chi connectivity index (χ1v) is 8.03. The summed E-state index contributed by atoms with van der Waals surface area (Å²) < 4.78 is 0. The molecule has 1 aliphatic heterocycles. The van der Waals surface area contributed by atoms with E-state index in [1.165, 1.54) is 16.7 Å². The highest BCUT2D eigenvalue weighted by Gasteiger charge is 2.38. The molecule has 0 saturated carbocycles. The van der Waals surface area contributed by atoms with Gasteiger partial charge in [-0.1, -0.05) is 29.8 Å². The molecule has 0 aromatic heterocycles. The number of aliphatic carboxylic acids is 1. The standard InChI is InChI=1S/C14H16ClNO4S/c15-11-4-2-1-3-9(11)7-21-8-13(18)16-6-10(17)5-12(16)14(19)20/h1-4,10,12,17H,5-8H2,(H,19,20)/t10-,12+/m1/s1. The van der Waals surface area contributed by atoms with E-state index in [4.69, 9.17) is 16.7 Å². The third kappa shape index (κ3) is 4.12. The minimum absolute atomic E-state index is 0.0858. The van der Waals surface area contributed by atoms with Crippen LogP contribution in [0.3, 0.4) is 0 Å². The molecule has 0 spiro atoms. The van der Waals surface area contributed by atoms with Gasteiger partial charge >= 0.3 is 5.97 Å². The number of likely N-dealkylation sites (tertiary alicyclic amines) is 1. The van der Waals surface area contributed by atoms with Crippen LogP contribution in [0.25, 0.3) is 0 Å². The first kappa shape index (κ1) is 16.1. The van der Waals surface area contributed by atoms with Crippen molar-refractivity contribution in [3.05, 3.63) is 34.9 Å². The Hall–Kier alpha value is -1.24. The Balaban J connectivity index is 1.87. The summed E-state index contributed by atoms with van der Waals surface area (Å²) in [6.07, 6.45) is -0.667. The summed E-state index contributed by atoms with van der Waals surface area (Å²) in [5, 5.41) is 19.2. The van der Waals surface area contributed by atoms with E-state index in [0.29, 0.717) is 10.8 Å². The summed E-state index contributed by atoms with van der Waals surface area (Å²) in [5.41, 5.74) is 0.938. The summed E-state index contributed by atoms with van der Waals surface area (Å²) >= 11 is 7.41. The molecule has 2 rings (SSSR count). The monoisotopic (exact) mass is 329 g/mol. The normalized spacial score (nSPS) is 21.5. The molecule has 114 valence electrons. The second-order valence-electron chi connectivity index (χ2n) is 4.87. The van der Waals surface area contributed by atoms with E-state index in [-0.39, 0.29) is 24.6 Å². The highest BCUT2D eigenvalue weighted by atomic mass is 35.5. The van der Waals surface area contributed by atoms with Gasteiger partial charge in [0.2, 0.25) is 5.91 Å². The fraction of sp³-hybridized carbons (Fsp3) is 0.429. The van der Waals surface area contributed by atoms with E-state index in [1.54, 1.807) is 6.07 Å². The van der Waals surface area contributed by atoms with E-state index < -0.39 is 18.1 Å². The predicted molar refractivity (Wildman–Crippen MR) is 81.4 cm³/mol. The Morgan fingerprint density at radius 3 is 2.76 bits per heavy atom. The first-order chi connectivity index (χ1) is 9.99. The van der Waals surface area contributed by atoms with Crippen LogP contribution in [0.2, 0.25) is 5.02 Å². The van der Waals surface area contributed by atoms with Crippen LogP contribution < -0.4 is 0 Å². The molecule has 7 heteroatoms. The Morgan fingerprint density at radius 2 is 2.10 bits per heavy atom. The Kier molecular flexibility index (Phi) is 5.50. The lowest BCUT2D eigenvalue weighted by Crippen LogP contribution is -2.41. The third-order valence-corrected chi connectivity index (χ3v) is 4.66. The Morgan fingerprint density at radius 1 is 1.38 bits per heavy atom. The molecule has 0 radical (unpaired) electrons. The maximum absolute atomic E-state index is 12.1. The zero-order valence-electron chi connectivity index (χ0n) is 11.2. The number of β-amino-alcohol motifs (C(OH)–C–C–N with tert-alkyl or cyclic N) is 1. The van der Waals surface area contributed by atoms with E-state index >= 15 is 0 Å². The molecular weight excluding hydrogens is 314 g/mol. The summed E-state index contributed by atoms with van der Waals surface area (Å²) in [5.74, 6) is -0.589. The van der Waals surface area contributed by atoms with Gasteiger partial charge in [0.05, 0.1) is 11.9 Å². The van der Waals surface area contributed by atoms with Crippen LogP contribution in [-0.4, -0.2) is 51.4 Å². The number of carboxylic acids is 1. The largest absolute Gasteiger partial charge is 0.480 e. The lowest BCUT2D eigenvalue weighted by atomic mass is 10.2. The molecule has 0 aliphatic carbocycles. The van der Waals surface area contributed by atoms with Gasteiger partial charge in [-0.25, -0.2) is 4.79 Å². The molecule has 1 aromatic carbocycles. The number of halogens is 1. The number of carbonyl (C=O) groups is 2.